The summed E-state index contributed by atoms with van der Waals surface area (Å²) < 4.78 is 13.3. The molecule has 0 radical (unpaired) electrons. The van der Waals surface area contributed by atoms with Crippen LogP contribution in [0.1, 0.15) is 36.3 Å². The van der Waals surface area contributed by atoms with Gasteiger partial charge in [-0.25, -0.2) is 9.37 Å². The number of aromatic amines is 1. The summed E-state index contributed by atoms with van der Waals surface area (Å²) in [6, 6.07) is 5.03. The van der Waals surface area contributed by atoms with Gasteiger partial charge >= 0.3 is 0 Å². The molecule has 1 unspecified atom stereocenters. The van der Waals surface area contributed by atoms with Crippen molar-refractivity contribution in [3.05, 3.63) is 47.3 Å². The molecule has 0 amide bonds. The number of nitrogens with one attached hydrogen (secondary N) is 2. The number of H-pyrrole nitrogens is 1. The van der Waals surface area contributed by atoms with E-state index in [0.717, 1.165) is 24.4 Å². The number of halogens is 1. The fraction of sp³-hybridized carbons (Fsp3) is 0.385. The molecule has 1 aromatic carbocycles. The van der Waals surface area contributed by atoms with E-state index in [0.29, 0.717) is 5.56 Å². The highest BCUT2D eigenvalue weighted by Gasteiger charge is 2.16. The van der Waals surface area contributed by atoms with Gasteiger partial charge in [-0.3, -0.25) is 5.10 Å². The Morgan fingerprint density at radius 2 is 2.28 bits per heavy atom. The predicted molar refractivity (Wildman–Crippen MR) is 67.7 cm³/mol. The van der Waals surface area contributed by atoms with Crippen LogP contribution in [-0.2, 0) is 0 Å². The molecule has 0 aliphatic carbocycles. The predicted octanol–water partition coefficient (Wildman–Crippen LogP) is 2.34. The van der Waals surface area contributed by atoms with Crippen molar-refractivity contribution in [1.82, 2.24) is 20.5 Å². The summed E-state index contributed by atoms with van der Waals surface area (Å²) in [4.78, 5) is 4.18. The van der Waals surface area contributed by atoms with E-state index in [9.17, 15) is 4.39 Å². The maximum atomic E-state index is 13.3. The maximum Gasteiger partial charge on any atom is 0.145 e. The van der Waals surface area contributed by atoms with Crippen molar-refractivity contribution in [2.75, 3.05) is 6.54 Å². The molecule has 18 heavy (non-hydrogen) atoms. The van der Waals surface area contributed by atoms with E-state index in [4.69, 9.17) is 0 Å². The van der Waals surface area contributed by atoms with E-state index in [1.807, 2.05) is 6.07 Å². The van der Waals surface area contributed by atoms with Gasteiger partial charge in [-0.05, 0) is 37.1 Å². The Hall–Kier alpha value is -1.75. The van der Waals surface area contributed by atoms with Gasteiger partial charge in [-0.2, -0.15) is 5.10 Å². The van der Waals surface area contributed by atoms with Crippen molar-refractivity contribution in [2.24, 2.45) is 0 Å². The molecule has 1 heterocycles. The van der Waals surface area contributed by atoms with Gasteiger partial charge in [0.05, 0.1) is 6.04 Å². The first-order valence-corrected chi connectivity index (χ1v) is 6.07. The minimum Gasteiger partial charge on any atom is -0.304 e. The Morgan fingerprint density at radius 1 is 1.44 bits per heavy atom. The zero-order valence-corrected chi connectivity index (χ0v) is 10.6. The van der Waals surface area contributed by atoms with Crippen LogP contribution in [0.4, 0.5) is 4.39 Å². The lowest BCUT2D eigenvalue weighted by Gasteiger charge is -2.17. The summed E-state index contributed by atoms with van der Waals surface area (Å²) in [6.45, 7) is 4.72. The van der Waals surface area contributed by atoms with Crippen LogP contribution < -0.4 is 5.32 Å². The maximum absolute atomic E-state index is 13.3. The standard InChI is InChI=1S/C13H17FN4/c1-3-6-15-12(13-16-8-17-18-13)10-4-5-11(14)9(2)7-10/h4-5,7-8,12,15H,3,6H2,1-2H3,(H,16,17,18). The zero-order valence-electron chi connectivity index (χ0n) is 10.6. The van der Waals surface area contributed by atoms with Crippen LogP contribution in [0.25, 0.3) is 0 Å². The largest absolute Gasteiger partial charge is 0.304 e. The van der Waals surface area contributed by atoms with Crippen LogP contribution in [0.5, 0.6) is 0 Å². The third-order valence-corrected chi connectivity index (χ3v) is 2.82. The first-order chi connectivity index (χ1) is 8.72. The molecule has 0 aliphatic rings. The summed E-state index contributed by atoms with van der Waals surface area (Å²) in [5, 5.41) is 10.1. The average Bonchev–Trinajstić information content (AvgIpc) is 2.88. The third-order valence-electron chi connectivity index (χ3n) is 2.82. The molecule has 2 N–H and O–H groups in total. The Balaban J connectivity index is 2.30. The van der Waals surface area contributed by atoms with Crippen LogP contribution in [0, 0.1) is 12.7 Å². The molecule has 96 valence electrons. The molecule has 0 aliphatic heterocycles. The summed E-state index contributed by atoms with van der Waals surface area (Å²) in [5.41, 5.74) is 1.62. The molecular formula is C13H17FN4. The number of aromatic nitrogens is 3. The molecule has 1 atom stereocenters. The van der Waals surface area contributed by atoms with Gasteiger partial charge in [-0.1, -0.05) is 19.1 Å². The summed E-state index contributed by atoms with van der Waals surface area (Å²) in [7, 11) is 0. The van der Waals surface area contributed by atoms with E-state index in [1.165, 1.54) is 12.4 Å². The van der Waals surface area contributed by atoms with Crippen molar-refractivity contribution in [1.29, 1.82) is 0 Å². The average molecular weight is 248 g/mol. The Labute approximate surface area is 106 Å². The second kappa shape index (κ2) is 5.73. The molecule has 4 nitrogen and oxygen atoms in total. The zero-order chi connectivity index (χ0) is 13.0. The number of hydrogen-bond acceptors (Lipinski definition) is 3. The number of benzene rings is 1. The molecule has 0 saturated carbocycles. The lowest BCUT2D eigenvalue weighted by molar-refractivity contribution is 0.569. The fourth-order valence-electron chi connectivity index (χ4n) is 1.86. The monoisotopic (exact) mass is 248 g/mol. The molecule has 1 aromatic heterocycles. The second-order valence-electron chi connectivity index (χ2n) is 4.27. The van der Waals surface area contributed by atoms with E-state index >= 15 is 0 Å². The van der Waals surface area contributed by atoms with E-state index < -0.39 is 0 Å². The van der Waals surface area contributed by atoms with Crippen molar-refractivity contribution in [3.63, 3.8) is 0 Å². The molecule has 0 fully saturated rings. The highest BCUT2D eigenvalue weighted by atomic mass is 19.1. The number of nitrogens with zero attached hydrogens (tertiary/aromatic N) is 2. The van der Waals surface area contributed by atoms with Gasteiger partial charge in [0.15, 0.2) is 0 Å². The van der Waals surface area contributed by atoms with Gasteiger partial charge < -0.3 is 5.32 Å². The topological polar surface area (TPSA) is 53.6 Å². The van der Waals surface area contributed by atoms with Gasteiger partial charge in [0, 0.05) is 0 Å². The molecule has 0 saturated heterocycles. The summed E-state index contributed by atoms with van der Waals surface area (Å²) in [6.07, 6.45) is 2.50. The van der Waals surface area contributed by atoms with Gasteiger partial charge in [0.25, 0.3) is 0 Å². The van der Waals surface area contributed by atoms with Gasteiger partial charge in [0.2, 0.25) is 0 Å². The van der Waals surface area contributed by atoms with Crippen LogP contribution in [0.3, 0.4) is 0 Å². The molecule has 0 spiro atoms. The smallest absolute Gasteiger partial charge is 0.145 e. The van der Waals surface area contributed by atoms with E-state index in [1.54, 1.807) is 13.0 Å². The number of rotatable bonds is 5. The molecule has 0 bridgehead atoms. The molecular weight excluding hydrogens is 231 g/mol. The summed E-state index contributed by atoms with van der Waals surface area (Å²) in [5.74, 6) is 0.556. The van der Waals surface area contributed by atoms with Crippen LogP contribution in [0.2, 0.25) is 0 Å². The van der Waals surface area contributed by atoms with Crippen molar-refractivity contribution < 1.29 is 4.39 Å². The van der Waals surface area contributed by atoms with Gasteiger partial charge in [-0.15, -0.1) is 0 Å². The Morgan fingerprint density at radius 3 is 2.89 bits per heavy atom. The van der Waals surface area contributed by atoms with Crippen molar-refractivity contribution in [3.8, 4) is 0 Å². The highest BCUT2D eigenvalue weighted by Crippen LogP contribution is 2.20. The molecule has 2 rings (SSSR count). The fourth-order valence-corrected chi connectivity index (χ4v) is 1.86. The Kier molecular flexibility index (Phi) is 4.04. The number of hydrogen-bond donors (Lipinski definition) is 2. The first kappa shape index (κ1) is 12.7. The summed E-state index contributed by atoms with van der Waals surface area (Å²) >= 11 is 0. The lowest BCUT2D eigenvalue weighted by Crippen LogP contribution is -2.24. The minimum atomic E-state index is -0.189. The molecule has 2 aromatic rings. The van der Waals surface area contributed by atoms with Crippen LogP contribution in [-0.4, -0.2) is 21.7 Å². The normalized spacial score (nSPS) is 12.6. The quantitative estimate of drug-likeness (QED) is 0.854. The van der Waals surface area contributed by atoms with Crippen molar-refractivity contribution in [2.45, 2.75) is 26.3 Å². The third kappa shape index (κ3) is 2.73. The molecule has 5 heteroatoms. The minimum absolute atomic E-state index is 0.0771. The van der Waals surface area contributed by atoms with E-state index in [2.05, 4.69) is 27.4 Å². The second-order valence-corrected chi connectivity index (χ2v) is 4.27. The van der Waals surface area contributed by atoms with Gasteiger partial charge in [0.1, 0.15) is 18.0 Å². The number of aryl methyl sites for hydroxylation is 1. The highest BCUT2D eigenvalue weighted by molar-refractivity contribution is 5.29. The first-order valence-electron chi connectivity index (χ1n) is 6.07. The van der Waals surface area contributed by atoms with Crippen LogP contribution >= 0.6 is 0 Å². The van der Waals surface area contributed by atoms with E-state index in [-0.39, 0.29) is 11.9 Å². The van der Waals surface area contributed by atoms with Crippen molar-refractivity contribution >= 4 is 0 Å². The Bertz CT molecular complexity index is 496. The lowest BCUT2D eigenvalue weighted by atomic mass is 10.0. The SMILES string of the molecule is CCCNC(c1ccc(F)c(C)c1)c1ncn[nH]1. The van der Waals surface area contributed by atoms with Crippen LogP contribution in [0.15, 0.2) is 24.5 Å².